The number of nitrogens with one attached hydrogen (secondary N) is 1. The summed E-state index contributed by atoms with van der Waals surface area (Å²) in [6, 6.07) is 2.27. The van der Waals surface area contributed by atoms with E-state index in [2.05, 4.69) is 10.3 Å². The zero-order valence-electron chi connectivity index (χ0n) is 13.7. The molecular formula is C15H20N2O7. The first-order valence-corrected chi connectivity index (χ1v) is 7.17. The van der Waals surface area contributed by atoms with Gasteiger partial charge in [0, 0.05) is 18.7 Å². The molecule has 0 aromatic carbocycles. The SMILES string of the molecule is CC(C)(C)OC(=O)NCCCOc1cc(C(=O)O)nc(C(=O)O)c1. The van der Waals surface area contributed by atoms with Gasteiger partial charge in [0.2, 0.25) is 0 Å². The van der Waals surface area contributed by atoms with E-state index in [4.69, 9.17) is 19.7 Å². The summed E-state index contributed by atoms with van der Waals surface area (Å²) in [5.41, 5.74) is -1.42. The molecule has 0 saturated heterocycles. The van der Waals surface area contributed by atoms with E-state index < -0.39 is 35.0 Å². The highest BCUT2D eigenvalue weighted by Crippen LogP contribution is 2.15. The van der Waals surface area contributed by atoms with Crippen LogP contribution in [0.25, 0.3) is 0 Å². The molecule has 0 aliphatic carbocycles. The van der Waals surface area contributed by atoms with Gasteiger partial charge in [-0.1, -0.05) is 0 Å². The van der Waals surface area contributed by atoms with Crippen molar-refractivity contribution in [2.75, 3.05) is 13.2 Å². The third-order valence-electron chi connectivity index (χ3n) is 2.50. The summed E-state index contributed by atoms with van der Waals surface area (Å²) in [6.07, 6.45) is -0.125. The van der Waals surface area contributed by atoms with Crippen LogP contribution in [-0.2, 0) is 4.74 Å². The van der Waals surface area contributed by atoms with E-state index in [0.29, 0.717) is 6.42 Å². The Morgan fingerprint density at radius 2 is 1.67 bits per heavy atom. The number of amides is 1. The van der Waals surface area contributed by atoms with Crippen LogP contribution in [0.15, 0.2) is 12.1 Å². The van der Waals surface area contributed by atoms with E-state index in [1.165, 1.54) is 0 Å². The van der Waals surface area contributed by atoms with Gasteiger partial charge < -0.3 is 25.0 Å². The smallest absolute Gasteiger partial charge is 0.407 e. The number of carbonyl (C=O) groups is 3. The minimum Gasteiger partial charge on any atom is -0.493 e. The normalized spacial score (nSPS) is 10.8. The summed E-state index contributed by atoms with van der Waals surface area (Å²) >= 11 is 0. The van der Waals surface area contributed by atoms with Crippen molar-refractivity contribution >= 4 is 18.0 Å². The van der Waals surface area contributed by atoms with E-state index in [0.717, 1.165) is 12.1 Å². The predicted octanol–water partition coefficient (Wildman–Crippen LogP) is 1.77. The zero-order valence-corrected chi connectivity index (χ0v) is 13.7. The molecule has 132 valence electrons. The maximum atomic E-state index is 11.4. The molecule has 24 heavy (non-hydrogen) atoms. The van der Waals surface area contributed by atoms with Crippen LogP contribution in [0.4, 0.5) is 4.79 Å². The van der Waals surface area contributed by atoms with Crippen molar-refractivity contribution in [1.82, 2.24) is 10.3 Å². The van der Waals surface area contributed by atoms with Gasteiger partial charge in [-0.05, 0) is 27.2 Å². The highest BCUT2D eigenvalue weighted by Gasteiger charge is 2.16. The minimum absolute atomic E-state index is 0.0806. The molecule has 9 heteroatoms. The Balaban J connectivity index is 2.49. The lowest BCUT2D eigenvalue weighted by atomic mass is 10.2. The molecule has 1 amide bonds. The molecular weight excluding hydrogens is 320 g/mol. The Morgan fingerprint density at radius 1 is 1.12 bits per heavy atom. The molecule has 0 fully saturated rings. The summed E-state index contributed by atoms with van der Waals surface area (Å²) in [5.74, 6) is -2.62. The maximum absolute atomic E-state index is 11.4. The van der Waals surface area contributed by atoms with E-state index in [1.54, 1.807) is 20.8 Å². The van der Waals surface area contributed by atoms with E-state index >= 15 is 0 Å². The Hall–Kier alpha value is -2.84. The Morgan fingerprint density at radius 3 is 2.12 bits per heavy atom. The molecule has 3 N–H and O–H groups in total. The van der Waals surface area contributed by atoms with Crippen molar-refractivity contribution in [3.63, 3.8) is 0 Å². The monoisotopic (exact) mass is 340 g/mol. The number of alkyl carbamates (subject to hydrolysis) is 1. The highest BCUT2D eigenvalue weighted by atomic mass is 16.6. The second-order valence-electron chi connectivity index (χ2n) is 5.81. The van der Waals surface area contributed by atoms with Gasteiger partial charge >= 0.3 is 18.0 Å². The molecule has 0 saturated carbocycles. The van der Waals surface area contributed by atoms with Crippen molar-refractivity contribution in [2.24, 2.45) is 0 Å². The molecule has 9 nitrogen and oxygen atoms in total. The molecule has 1 rings (SSSR count). The molecule has 0 unspecified atom stereocenters. The van der Waals surface area contributed by atoms with Crippen molar-refractivity contribution < 1.29 is 34.1 Å². The second kappa shape index (κ2) is 8.14. The number of nitrogens with zero attached hydrogens (tertiary/aromatic N) is 1. The van der Waals surface area contributed by atoms with Crippen molar-refractivity contribution in [3.8, 4) is 5.75 Å². The van der Waals surface area contributed by atoms with Gasteiger partial charge in [0.25, 0.3) is 0 Å². The van der Waals surface area contributed by atoms with E-state index in [9.17, 15) is 14.4 Å². The average Bonchev–Trinajstić information content (AvgIpc) is 2.44. The molecule has 0 atom stereocenters. The summed E-state index contributed by atoms with van der Waals surface area (Å²) in [6.45, 7) is 5.69. The quantitative estimate of drug-likeness (QED) is 0.639. The lowest BCUT2D eigenvalue weighted by Crippen LogP contribution is -2.33. The first-order valence-electron chi connectivity index (χ1n) is 7.17. The Labute approximate surface area is 138 Å². The third kappa shape index (κ3) is 6.95. The number of ether oxygens (including phenoxy) is 2. The van der Waals surface area contributed by atoms with Gasteiger partial charge in [-0.25, -0.2) is 19.4 Å². The topological polar surface area (TPSA) is 135 Å². The van der Waals surface area contributed by atoms with Crippen molar-refractivity contribution in [2.45, 2.75) is 32.8 Å². The predicted molar refractivity (Wildman–Crippen MR) is 82.5 cm³/mol. The largest absolute Gasteiger partial charge is 0.493 e. The Kier molecular flexibility index (Phi) is 6.51. The molecule has 0 aliphatic rings. The first kappa shape index (κ1) is 19.2. The maximum Gasteiger partial charge on any atom is 0.407 e. The number of aromatic carboxylic acids is 2. The van der Waals surface area contributed by atoms with Crippen LogP contribution < -0.4 is 10.1 Å². The van der Waals surface area contributed by atoms with Crippen LogP contribution in [-0.4, -0.2) is 52.0 Å². The number of carboxylic acids is 2. The lowest BCUT2D eigenvalue weighted by molar-refractivity contribution is 0.0523. The molecule has 0 spiro atoms. The van der Waals surface area contributed by atoms with Crippen molar-refractivity contribution in [3.05, 3.63) is 23.5 Å². The van der Waals surface area contributed by atoms with Crippen LogP contribution >= 0.6 is 0 Å². The molecule has 0 bridgehead atoms. The van der Waals surface area contributed by atoms with Gasteiger partial charge in [-0.3, -0.25) is 0 Å². The Bertz CT molecular complexity index is 590. The fourth-order valence-electron chi connectivity index (χ4n) is 1.57. The van der Waals surface area contributed by atoms with Crippen LogP contribution in [0.1, 0.15) is 48.2 Å². The summed E-state index contributed by atoms with van der Waals surface area (Å²) in [5, 5.41) is 20.4. The number of rotatable bonds is 7. The minimum atomic E-state index is -1.35. The molecule has 1 aromatic heterocycles. The number of hydrogen-bond donors (Lipinski definition) is 3. The van der Waals surface area contributed by atoms with Crippen molar-refractivity contribution in [1.29, 1.82) is 0 Å². The van der Waals surface area contributed by atoms with Gasteiger partial charge in [-0.2, -0.15) is 0 Å². The standard InChI is InChI=1S/C15H20N2O7/c1-15(2,3)24-14(22)16-5-4-6-23-9-7-10(12(18)19)17-11(8-9)13(20)21/h7-8H,4-6H2,1-3H3,(H,16,22)(H,18,19)(H,20,21). The summed E-state index contributed by atoms with van der Waals surface area (Å²) in [4.78, 5) is 36.7. The lowest BCUT2D eigenvalue weighted by Gasteiger charge is -2.19. The molecule has 1 aromatic rings. The first-order chi connectivity index (χ1) is 11.1. The van der Waals surface area contributed by atoms with Crippen LogP contribution in [0.2, 0.25) is 0 Å². The van der Waals surface area contributed by atoms with Crippen LogP contribution in [0.5, 0.6) is 5.75 Å². The molecule has 0 aliphatic heterocycles. The zero-order chi connectivity index (χ0) is 18.3. The van der Waals surface area contributed by atoms with Crippen LogP contribution in [0, 0.1) is 0 Å². The van der Waals surface area contributed by atoms with Crippen LogP contribution in [0.3, 0.4) is 0 Å². The second-order valence-corrected chi connectivity index (χ2v) is 5.81. The fourth-order valence-corrected chi connectivity index (χ4v) is 1.57. The van der Waals surface area contributed by atoms with Gasteiger partial charge in [0.15, 0.2) is 11.4 Å². The highest BCUT2D eigenvalue weighted by molar-refractivity contribution is 5.90. The van der Waals surface area contributed by atoms with E-state index in [1.807, 2.05) is 0 Å². The number of aromatic nitrogens is 1. The summed E-state index contributed by atoms with van der Waals surface area (Å²) in [7, 11) is 0. The molecule has 1 heterocycles. The molecule has 0 radical (unpaired) electrons. The number of hydrogen-bond acceptors (Lipinski definition) is 6. The fraction of sp³-hybridized carbons (Fsp3) is 0.467. The number of carboxylic acid groups (broad SMARTS) is 2. The van der Waals surface area contributed by atoms with Gasteiger partial charge in [-0.15, -0.1) is 0 Å². The van der Waals surface area contributed by atoms with E-state index in [-0.39, 0.29) is 18.9 Å². The number of carbonyl (C=O) groups excluding carboxylic acids is 1. The summed E-state index contributed by atoms with van der Waals surface area (Å²) < 4.78 is 10.4. The van der Waals surface area contributed by atoms with Gasteiger partial charge in [0.1, 0.15) is 11.4 Å². The van der Waals surface area contributed by atoms with Gasteiger partial charge in [0.05, 0.1) is 6.61 Å². The third-order valence-corrected chi connectivity index (χ3v) is 2.50. The average molecular weight is 340 g/mol. The number of pyridine rings is 1.